The number of carbonyl (C=O) groups is 1. The molecule has 3 N–H and O–H groups in total. The number of hydrogen-bond donors (Lipinski definition) is 2. The highest BCUT2D eigenvalue weighted by atomic mass is 35.5. The molecule has 2 rings (SSSR count). The van der Waals surface area contributed by atoms with Gasteiger partial charge in [-0.2, -0.15) is 11.8 Å². The molecule has 22 heavy (non-hydrogen) atoms. The van der Waals surface area contributed by atoms with E-state index in [1.165, 1.54) is 5.75 Å². The Morgan fingerprint density at radius 2 is 2.14 bits per heavy atom. The molecule has 0 spiro atoms. The largest absolute Gasteiger partial charge is 0.379 e. The molecule has 2 unspecified atom stereocenters. The van der Waals surface area contributed by atoms with E-state index >= 15 is 0 Å². The number of amides is 1. The first-order chi connectivity index (χ1) is 10.0. The molecule has 5 nitrogen and oxygen atoms in total. The van der Waals surface area contributed by atoms with Crippen molar-refractivity contribution in [1.82, 2.24) is 10.2 Å². The van der Waals surface area contributed by atoms with Crippen LogP contribution in [0.2, 0.25) is 0 Å². The molecule has 1 amide bonds. The van der Waals surface area contributed by atoms with Crippen molar-refractivity contribution >= 4 is 30.1 Å². The molecule has 0 aromatic rings. The molecular weight excluding hydrogens is 322 g/mol. The Hall–Kier alpha value is -0.0100. The van der Waals surface area contributed by atoms with Crippen molar-refractivity contribution in [2.75, 3.05) is 44.4 Å². The topological polar surface area (TPSA) is 67.6 Å². The van der Waals surface area contributed by atoms with E-state index in [1.807, 2.05) is 18.7 Å². The summed E-state index contributed by atoms with van der Waals surface area (Å²) in [5.41, 5.74) is 5.46. The van der Waals surface area contributed by atoms with E-state index < -0.39 is 5.54 Å². The van der Waals surface area contributed by atoms with Crippen molar-refractivity contribution in [2.24, 2.45) is 5.73 Å². The molecule has 0 saturated carbocycles. The van der Waals surface area contributed by atoms with Gasteiger partial charge in [-0.1, -0.05) is 13.3 Å². The monoisotopic (exact) mass is 351 g/mol. The zero-order valence-corrected chi connectivity index (χ0v) is 15.4. The normalized spacial score (nSPS) is 28.7. The Morgan fingerprint density at radius 1 is 1.45 bits per heavy atom. The van der Waals surface area contributed by atoms with Crippen molar-refractivity contribution in [3.63, 3.8) is 0 Å². The van der Waals surface area contributed by atoms with Gasteiger partial charge in [0.1, 0.15) is 0 Å². The third-order valence-electron chi connectivity index (χ3n) is 4.63. The summed E-state index contributed by atoms with van der Waals surface area (Å²) in [6, 6.07) is 0. The van der Waals surface area contributed by atoms with Crippen LogP contribution in [0.4, 0.5) is 0 Å². The summed E-state index contributed by atoms with van der Waals surface area (Å²) in [7, 11) is 0. The quantitative estimate of drug-likeness (QED) is 0.753. The number of ether oxygens (including phenoxy) is 1. The van der Waals surface area contributed by atoms with Gasteiger partial charge in [0.05, 0.1) is 18.8 Å². The number of halogens is 1. The van der Waals surface area contributed by atoms with Gasteiger partial charge in [-0.3, -0.25) is 9.69 Å². The van der Waals surface area contributed by atoms with Crippen molar-refractivity contribution in [2.45, 2.75) is 44.2 Å². The molecule has 0 aromatic carbocycles. The maximum absolute atomic E-state index is 12.4. The van der Waals surface area contributed by atoms with Crippen molar-refractivity contribution in [1.29, 1.82) is 0 Å². The van der Waals surface area contributed by atoms with Crippen molar-refractivity contribution in [3.8, 4) is 0 Å². The molecule has 0 bridgehead atoms. The zero-order chi connectivity index (χ0) is 15.3. The molecule has 2 aliphatic heterocycles. The summed E-state index contributed by atoms with van der Waals surface area (Å²) in [5.74, 6) is 2.23. The van der Waals surface area contributed by atoms with Crippen LogP contribution < -0.4 is 11.1 Å². The maximum atomic E-state index is 12.4. The number of rotatable bonds is 6. The number of thioether (sulfide) groups is 1. The Kier molecular flexibility index (Phi) is 7.95. The van der Waals surface area contributed by atoms with Gasteiger partial charge in [-0.05, 0) is 25.5 Å². The first-order valence-corrected chi connectivity index (χ1v) is 9.13. The van der Waals surface area contributed by atoms with Gasteiger partial charge in [0.25, 0.3) is 0 Å². The summed E-state index contributed by atoms with van der Waals surface area (Å²) in [6.07, 6.45) is 2.77. The van der Waals surface area contributed by atoms with Crippen molar-refractivity contribution < 1.29 is 9.53 Å². The molecule has 2 aliphatic rings. The second-order valence-corrected chi connectivity index (χ2v) is 7.58. The lowest BCUT2D eigenvalue weighted by molar-refractivity contribution is -0.126. The van der Waals surface area contributed by atoms with Crippen LogP contribution in [0.5, 0.6) is 0 Å². The first kappa shape index (κ1) is 20.0. The summed E-state index contributed by atoms with van der Waals surface area (Å²) >= 11 is 1.98. The first-order valence-electron chi connectivity index (χ1n) is 7.98. The van der Waals surface area contributed by atoms with Crippen molar-refractivity contribution in [3.05, 3.63) is 0 Å². The fourth-order valence-corrected chi connectivity index (χ4v) is 4.69. The molecule has 0 aliphatic carbocycles. The molecule has 2 heterocycles. The Labute approximate surface area is 144 Å². The van der Waals surface area contributed by atoms with Crippen LogP contribution in [0.25, 0.3) is 0 Å². The summed E-state index contributed by atoms with van der Waals surface area (Å²) in [4.78, 5) is 14.9. The van der Waals surface area contributed by atoms with E-state index in [0.29, 0.717) is 6.54 Å². The van der Waals surface area contributed by atoms with Crippen LogP contribution in [-0.2, 0) is 9.53 Å². The Morgan fingerprint density at radius 3 is 2.68 bits per heavy atom. The van der Waals surface area contributed by atoms with E-state index in [0.717, 1.165) is 51.3 Å². The minimum atomic E-state index is -0.757. The molecule has 7 heteroatoms. The summed E-state index contributed by atoms with van der Waals surface area (Å²) < 4.78 is 5.46. The number of carbonyl (C=O) groups excluding carboxylic acids is 1. The van der Waals surface area contributed by atoms with E-state index in [4.69, 9.17) is 10.5 Å². The number of nitrogens with two attached hydrogens (primary N) is 1. The van der Waals surface area contributed by atoms with E-state index in [9.17, 15) is 4.79 Å². The van der Waals surface area contributed by atoms with Gasteiger partial charge >= 0.3 is 0 Å². The van der Waals surface area contributed by atoms with E-state index in [-0.39, 0.29) is 23.9 Å². The van der Waals surface area contributed by atoms with E-state index in [2.05, 4.69) is 17.1 Å². The van der Waals surface area contributed by atoms with Gasteiger partial charge in [0.15, 0.2) is 0 Å². The third-order valence-corrected chi connectivity index (χ3v) is 5.86. The predicted molar refractivity (Wildman–Crippen MR) is 94.8 cm³/mol. The Bertz CT molecular complexity index is 357. The minimum Gasteiger partial charge on any atom is -0.379 e. The molecule has 0 aromatic heterocycles. The van der Waals surface area contributed by atoms with Crippen LogP contribution in [-0.4, -0.2) is 66.2 Å². The predicted octanol–water partition coefficient (Wildman–Crippen LogP) is 1.25. The highest BCUT2D eigenvalue weighted by Crippen LogP contribution is 2.33. The highest BCUT2D eigenvalue weighted by molar-refractivity contribution is 7.99. The lowest BCUT2D eigenvalue weighted by atomic mass is 9.93. The molecule has 130 valence electrons. The van der Waals surface area contributed by atoms with Gasteiger partial charge in [-0.25, -0.2) is 0 Å². The highest BCUT2D eigenvalue weighted by Gasteiger charge is 2.41. The van der Waals surface area contributed by atoms with Gasteiger partial charge in [0, 0.05) is 30.9 Å². The van der Waals surface area contributed by atoms with Crippen LogP contribution in [0.15, 0.2) is 0 Å². The lowest BCUT2D eigenvalue weighted by Crippen LogP contribution is -2.61. The number of nitrogens with one attached hydrogen (secondary N) is 1. The molecule has 2 atom stereocenters. The smallest absolute Gasteiger partial charge is 0.239 e. The molecule has 0 radical (unpaired) electrons. The average Bonchev–Trinajstić information content (AvgIpc) is 2.96. The standard InChI is InChI=1S/C15H29N3O2S.ClH/c1-3-4-14(2,16)13(19)17-11-15(5-10-21-12-15)18-6-8-20-9-7-18;/h3-12,16H2,1-2H3,(H,17,19);1H. The van der Waals surface area contributed by atoms with Gasteiger partial charge in [-0.15, -0.1) is 12.4 Å². The molecular formula is C15H30ClN3O2S. The Balaban J connectivity index is 0.00000242. The number of hydrogen-bond acceptors (Lipinski definition) is 5. The number of morpholine rings is 1. The SMILES string of the molecule is CCCC(C)(N)C(=O)NCC1(N2CCOCC2)CCSC1.Cl. The third kappa shape index (κ3) is 4.74. The summed E-state index contributed by atoms with van der Waals surface area (Å²) in [5, 5.41) is 3.13. The maximum Gasteiger partial charge on any atom is 0.239 e. The number of nitrogens with zero attached hydrogens (tertiary/aromatic N) is 1. The van der Waals surface area contributed by atoms with Crippen LogP contribution >= 0.6 is 24.2 Å². The zero-order valence-electron chi connectivity index (χ0n) is 13.7. The molecule has 2 fully saturated rings. The lowest BCUT2D eigenvalue weighted by Gasteiger charge is -2.43. The summed E-state index contributed by atoms with van der Waals surface area (Å²) in [6.45, 7) is 8.11. The molecule has 2 saturated heterocycles. The van der Waals surface area contributed by atoms with Crippen LogP contribution in [0.1, 0.15) is 33.1 Å². The fraction of sp³-hybridized carbons (Fsp3) is 0.933. The second kappa shape index (κ2) is 8.73. The van der Waals surface area contributed by atoms with Gasteiger partial charge in [0.2, 0.25) is 5.91 Å². The van der Waals surface area contributed by atoms with Gasteiger partial charge < -0.3 is 15.8 Å². The van der Waals surface area contributed by atoms with E-state index in [1.54, 1.807) is 0 Å². The van der Waals surface area contributed by atoms with Crippen LogP contribution in [0, 0.1) is 0 Å². The fourth-order valence-electron chi connectivity index (χ4n) is 3.21. The van der Waals surface area contributed by atoms with Crippen LogP contribution in [0.3, 0.4) is 0 Å². The second-order valence-electron chi connectivity index (χ2n) is 6.48. The average molecular weight is 352 g/mol. The minimum absolute atomic E-state index is 0.